The first-order valence-electron chi connectivity index (χ1n) is 7.31. The summed E-state index contributed by atoms with van der Waals surface area (Å²) in [7, 11) is 1.59. The highest BCUT2D eigenvalue weighted by molar-refractivity contribution is 5.93. The zero-order chi connectivity index (χ0) is 15.7. The van der Waals surface area contributed by atoms with Gasteiger partial charge in [0.25, 0.3) is 0 Å². The average Bonchev–Trinajstić information content (AvgIpc) is 3.10. The fourth-order valence-electron chi connectivity index (χ4n) is 3.13. The third-order valence-electron chi connectivity index (χ3n) is 4.21. The summed E-state index contributed by atoms with van der Waals surface area (Å²) >= 11 is 0. The fraction of sp³-hybridized carbons (Fsp3) is 0.438. The first-order chi connectivity index (χ1) is 10.6. The second-order valence-electron chi connectivity index (χ2n) is 5.59. The molecule has 0 spiro atoms. The Labute approximate surface area is 127 Å². The molecule has 1 aliphatic rings. The molecule has 5 nitrogen and oxygen atoms in total. The Balaban J connectivity index is 1.85. The molecule has 2 N–H and O–H groups in total. The first kappa shape index (κ1) is 14.8. The van der Waals surface area contributed by atoms with E-state index in [1.54, 1.807) is 13.3 Å². The van der Waals surface area contributed by atoms with Gasteiger partial charge in [-0.05, 0) is 17.7 Å². The lowest BCUT2D eigenvalue weighted by atomic mass is 10.1. The Hall–Kier alpha value is -2.08. The maximum atomic E-state index is 13.5. The highest BCUT2D eigenvalue weighted by Gasteiger charge is 2.34. The van der Waals surface area contributed by atoms with Crippen LogP contribution < -0.4 is 4.74 Å². The van der Waals surface area contributed by atoms with E-state index in [0.29, 0.717) is 5.75 Å². The number of likely N-dealkylation sites (tertiary alicyclic amines) is 1. The Morgan fingerprint density at radius 2 is 2.36 bits per heavy atom. The van der Waals surface area contributed by atoms with Crippen molar-refractivity contribution in [3.05, 3.63) is 30.0 Å². The van der Waals surface area contributed by atoms with E-state index in [9.17, 15) is 14.3 Å². The molecule has 1 saturated heterocycles. The number of aromatic amines is 1. The van der Waals surface area contributed by atoms with Gasteiger partial charge in [-0.2, -0.15) is 0 Å². The molecule has 2 aromatic rings. The summed E-state index contributed by atoms with van der Waals surface area (Å²) in [5.74, 6) is 0.524. The van der Waals surface area contributed by atoms with Gasteiger partial charge in [-0.3, -0.25) is 4.79 Å². The molecule has 1 aromatic heterocycles. The average molecular weight is 306 g/mol. The highest BCUT2D eigenvalue weighted by atomic mass is 19.1. The van der Waals surface area contributed by atoms with Crippen LogP contribution in [0.2, 0.25) is 0 Å². The zero-order valence-electron chi connectivity index (χ0n) is 12.4. The van der Waals surface area contributed by atoms with E-state index in [1.807, 2.05) is 18.2 Å². The molecule has 1 aromatic carbocycles. The summed E-state index contributed by atoms with van der Waals surface area (Å²) in [6.07, 6.45) is 1.09. The van der Waals surface area contributed by atoms with Gasteiger partial charge in [-0.1, -0.05) is 6.07 Å². The Bertz CT molecular complexity index is 685. The summed E-state index contributed by atoms with van der Waals surface area (Å²) in [5.41, 5.74) is 1.71. The highest BCUT2D eigenvalue weighted by Crippen LogP contribution is 2.30. The number of fused-ring (bicyclic) bond motifs is 1. The van der Waals surface area contributed by atoms with Crippen molar-refractivity contribution < 1.29 is 19.0 Å². The molecule has 0 unspecified atom stereocenters. The minimum atomic E-state index is -1.06. The van der Waals surface area contributed by atoms with Crippen LogP contribution in [0.4, 0.5) is 4.39 Å². The molecule has 2 heterocycles. The molecular formula is C16H19FN2O3. The standard InChI is InChI=1S/C16H19FN2O3/c1-22-14-4-2-3-13-16(14)10(7-18-13)5-15(21)19-8-11(17)6-12(19)9-20/h2-4,7,11-12,18,20H,5-6,8-9H2,1H3/t11-,12-/m0/s1. The third kappa shape index (κ3) is 2.54. The molecule has 1 aliphatic heterocycles. The number of halogens is 1. The van der Waals surface area contributed by atoms with Gasteiger partial charge in [0.1, 0.15) is 11.9 Å². The number of rotatable bonds is 4. The van der Waals surface area contributed by atoms with Crippen molar-refractivity contribution in [2.75, 3.05) is 20.3 Å². The number of hydrogen-bond acceptors (Lipinski definition) is 3. The molecular weight excluding hydrogens is 287 g/mol. The number of H-pyrrole nitrogens is 1. The van der Waals surface area contributed by atoms with Crippen LogP contribution in [0.15, 0.2) is 24.4 Å². The number of aliphatic hydroxyl groups is 1. The second-order valence-corrected chi connectivity index (χ2v) is 5.59. The van der Waals surface area contributed by atoms with Crippen molar-refractivity contribution in [2.24, 2.45) is 0 Å². The van der Waals surface area contributed by atoms with E-state index in [0.717, 1.165) is 16.5 Å². The van der Waals surface area contributed by atoms with Crippen molar-refractivity contribution in [1.29, 1.82) is 0 Å². The SMILES string of the molecule is COc1cccc2[nH]cc(CC(=O)N3C[C@@H](F)C[C@H]3CO)c12. The molecule has 1 amide bonds. The lowest BCUT2D eigenvalue weighted by Gasteiger charge is -2.22. The Kier molecular flexibility index (Phi) is 4.02. The number of carbonyl (C=O) groups is 1. The zero-order valence-corrected chi connectivity index (χ0v) is 12.4. The monoisotopic (exact) mass is 306 g/mol. The molecule has 1 fully saturated rings. The van der Waals surface area contributed by atoms with E-state index in [2.05, 4.69) is 4.98 Å². The van der Waals surface area contributed by atoms with E-state index in [-0.39, 0.29) is 31.9 Å². The van der Waals surface area contributed by atoms with Crippen LogP contribution >= 0.6 is 0 Å². The normalized spacial score (nSPS) is 21.5. The summed E-state index contributed by atoms with van der Waals surface area (Å²) in [6.45, 7) is -0.146. The van der Waals surface area contributed by atoms with Crippen molar-refractivity contribution in [1.82, 2.24) is 9.88 Å². The van der Waals surface area contributed by atoms with Gasteiger partial charge in [0, 0.05) is 23.5 Å². The van der Waals surface area contributed by atoms with Gasteiger partial charge in [0.15, 0.2) is 0 Å². The maximum absolute atomic E-state index is 13.5. The quantitative estimate of drug-likeness (QED) is 0.902. The molecule has 6 heteroatoms. The minimum absolute atomic E-state index is 0.0591. The number of aliphatic hydroxyl groups excluding tert-OH is 1. The van der Waals surface area contributed by atoms with Crippen LogP contribution in [0, 0.1) is 0 Å². The molecule has 22 heavy (non-hydrogen) atoms. The fourth-order valence-corrected chi connectivity index (χ4v) is 3.13. The van der Waals surface area contributed by atoms with Crippen LogP contribution in [0.5, 0.6) is 5.75 Å². The van der Waals surface area contributed by atoms with Gasteiger partial charge in [0.2, 0.25) is 5.91 Å². The number of aromatic nitrogens is 1. The number of methoxy groups -OCH3 is 1. The second kappa shape index (κ2) is 5.96. The van der Waals surface area contributed by atoms with Crippen molar-refractivity contribution in [3.63, 3.8) is 0 Å². The maximum Gasteiger partial charge on any atom is 0.227 e. The molecule has 0 saturated carbocycles. The Morgan fingerprint density at radius 1 is 1.55 bits per heavy atom. The van der Waals surface area contributed by atoms with Gasteiger partial charge in [0.05, 0.1) is 32.7 Å². The predicted octanol–water partition coefficient (Wildman–Crippen LogP) is 1.65. The van der Waals surface area contributed by atoms with Gasteiger partial charge in [-0.25, -0.2) is 4.39 Å². The molecule has 2 atom stereocenters. The van der Waals surface area contributed by atoms with Crippen molar-refractivity contribution in [3.8, 4) is 5.75 Å². The molecule has 0 bridgehead atoms. The molecule has 118 valence electrons. The number of carbonyl (C=O) groups excluding carboxylic acids is 1. The number of ether oxygens (including phenoxy) is 1. The number of nitrogens with zero attached hydrogens (tertiary/aromatic N) is 1. The molecule has 0 aliphatic carbocycles. The van der Waals surface area contributed by atoms with E-state index in [1.165, 1.54) is 4.90 Å². The topological polar surface area (TPSA) is 65.6 Å². The van der Waals surface area contributed by atoms with E-state index < -0.39 is 12.2 Å². The van der Waals surface area contributed by atoms with Gasteiger partial charge in [-0.15, -0.1) is 0 Å². The van der Waals surface area contributed by atoms with E-state index >= 15 is 0 Å². The molecule has 3 rings (SSSR count). The Morgan fingerprint density at radius 3 is 3.09 bits per heavy atom. The van der Waals surface area contributed by atoms with Crippen LogP contribution in [-0.2, 0) is 11.2 Å². The summed E-state index contributed by atoms with van der Waals surface area (Å²) in [6, 6.07) is 5.21. The van der Waals surface area contributed by atoms with Crippen LogP contribution in [0.25, 0.3) is 10.9 Å². The smallest absolute Gasteiger partial charge is 0.227 e. The first-order valence-corrected chi connectivity index (χ1v) is 7.31. The minimum Gasteiger partial charge on any atom is -0.496 e. The summed E-state index contributed by atoms with van der Waals surface area (Å²) < 4.78 is 18.8. The van der Waals surface area contributed by atoms with E-state index in [4.69, 9.17) is 4.74 Å². The number of alkyl halides is 1. The lowest BCUT2D eigenvalue weighted by molar-refractivity contribution is -0.132. The summed E-state index contributed by atoms with van der Waals surface area (Å²) in [4.78, 5) is 17.0. The summed E-state index contributed by atoms with van der Waals surface area (Å²) in [5, 5.41) is 10.2. The van der Waals surface area contributed by atoms with Crippen LogP contribution in [0.3, 0.4) is 0 Å². The number of hydrogen-bond donors (Lipinski definition) is 2. The number of benzene rings is 1. The number of nitrogens with one attached hydrogen (secondary N) is 1. The largest absolute Gasteiger partial charge is 0.496 e. The van der Waals surface area contributed by atoms with Crippen molar-refractivity contribution >= 4 is 16.8 Å². The van der Waals surface area contributed by atoms with Crippen LogP contribution in [0.1, 0.15) is 12.0 Å². The van der Waals surface area contributed by atoms with Gasteiger partial charge >= 0.3 is 0 Å². The van der Waals surface area contributed by atoms with Crippen molar-refractivity contribution in [2.45, 2.75) is 25.1 Å². The third-order valence-corrected chi connectivity index (χ3v) is 4.21. The van der Waals surface area contributed by atoms with Gasteiger partial charge < -0.3 is 19.7 Å². The van der Waals surface area contributed by atoms with Crippen LogP contribution in [-0.4, -0.2) is 53.4 Å². The number of amides is 1. The lowest BCUT2D eigenvalue weighted by Crippen LogP contribution is -2.38. The predicted molar refractivity (Wildman–Crippen MR) is 80.7 cm³/mol. The molecule has 0 radical (unpaired) electrons.